The van der Waals surface area contributed by atoms with Crippen LogP contribution in [0.2, 0.25) is 0 Å². The molecule has 0 aromatic rings. The molecule has 52 valence electrons. The molecule has 2 rings (SSSR count). The maximum atomic E-state index is 10.0. The molecule has 2 aliphatic rings. The highest BCUT2D eigenvalue weighted by molar-refractivity contribution is 5.46. The zero-order valence-corrected chi connectivity index (χ0v) is 5.79. The van der Waals surface area contributed by atoms with E-state index in [4.69, 9.17) is 0 Å². The van der Waals surface area contributed by atoms with E-state index in [1.165, 1.54) is 12.8 Å². The highest BCUT2D eigenvalue weighted by atomic mass is 16.1. The van der Waals surface area contributed by atoms with Crippen molar-refractivity contribution in [2.75, 3.05) is 0 Å². The first-order chi connectivity index (χ1) is 4.90. The van der Waals surface area contributed by atoms with E-state index < -0.39 is 0 Å². The molecule has 10 heavy (non-hydrogen) atoms. The summed E-state index contributed by atoms with van der Waals surface area (Å²) in [6.45, 7) is 0. The molecule has 2 bridgehead atoms. The van der Waals surface area contributed by atoms with E-state index in [2.05, 4.69) is 12.2 Å². The predicted octanol–water partition coefficient (Wildman–Crippen LogP) is 1.59. The fourth-order valence-electron chi connectivity index (χ4n) is 2.10. The molecule has 1 saturated carbocycles. The van der Waals surface area contributed by atoms with E-state index in [1.807, 2.05) is 5.94 Å². The van der Waals surface area contributed by atoms with Gasteiger partial charge in [0.1, 0.15) is 5.94 Å². The van der Waals surface area contributed by atoms with Crippen molar-refractivity contribution in [1.29, 1.82) is 0 Å². The molecule has 0 aromatic heterocycles. The first-order valence-electron chi connectivity index (χ1n) is 3.79. The Morgan fingerprint density at radius 3 is 2.80 bits per heavy atom. The van der Waals surface area contributed by atoms with Crippen LogP contribution in [0, 0.1) is 17.8 Å². The van der Waals surface area contributed by atoms with E-state index in [9.17, 15) is 4.79 Å². The van der Waals surface area contributed by atoms with E-state index in [0.717, 1.165) is 5.92 Å². The van der Waals surface area contributed by atoms with Crippen LogP contribution in [0.3, 0.4) is 0 Å². The lowest BCUT2D eigenvalue weighted by molar-refractivity contribution is 0.537. The molecule has 0 N–H and O–H groups in total. The first-order valence-corrected chi connectivity index (χ1v) is 3.79. The average Bonchev–Trinajstić information content (AvgIpc) is 2.48. The molecule has 0 heterocycles. The molecule has 1 heteroatoms. The summed E-state index contributed by atoms with van der Waals surface area (Å²) in [5, 5.41) is 0. The van der Waals surface area contributed by atoms with Gasteiger partial charge in [-0.05, 0) is 30.6 Å². The van der Waals surface area contributed by atoms with Crippen molar-refractivity contribution < 1.29 is 4.79 Å². The summed E-state index contributed by atoms with van der Waals surface area (Å²) >= 11 is 0. The van der Waals surface area contributed by atoms with Crippen LogP contribution in [0.4, 0.5) is 0 Å². The van der Waals surface area contributed by atoms with Crippen molar-refractivity contribution in [1.82, 2.24) is 0 Å². The van der Waals surface area contributed by atoms with E-state index >= 15 is 0 Å². The molecule has 0 amide bonds. The maximum Gasteiger partial charge on any atom is 0.120 e. The Balaban J connectivity index is 2.16. The second-order valence-corrected chi connectivity index (χ2v) is 3.23. The second kappa shape index (κ2) is 2.10. The molecular weight excluding hydrogens is 124 g/mol. The summed E-state index contributed by atoms with van der Waals surface area (Å²) in [5.41, 5.74) is 0. The van der Waals surface area contributed by atoms with Gasteiger partial charge < -0.3 is 0 Å². The van der Waals surface area contributed by atoms with Gasteiger partial charge in [-0.15, -0.1) is 0 Å². The molecule has 0 saturated heterocycles. The molecule has 2 aliphatic carbocycles. The van der Waals surface area contributed by atoms with Gasteiger partial charge in [-0.3, -0.25) is 0 Å². The Morgan fingerprint density at radius 2 is 2.30 bits per heavy atom. The second-order valence-electron chi connectivity index (χ2n) is 3.23. The van der Waals surface area contributed by atoms with Crippen molar-refractivity contribution in [3.63, 3.8) is 0 Å². The van der Waals surface area contributed by atoms with Crippen LogP contribution in [0.1, 0.15) is 12.8 Å². The van der Waals surface area contributed by atoms with Gasteiger partial charge >= 0.3 is 0 Å². The van der Waals surface area contributed by atoms with E-state index in [1.54, 1.807) is 6.08 Å². The molecule has 1 nitrogen and oxygen atoms in total. The number of allylic oxidation sites excluding steroid dienone is 3. The third kappa shape index (κ3) is 0.748. The van der Waals surface area contributed by atoms with Crippen molar-refractivity contribution in [3.05, 3.63) is 18.2 Å². The minimum Gasteiger partial charge on any atom is -0.234 e. The van der Waals surface area contributed by atoms with Gasteiger partial charge in [0.15, 0.2) is 0 Å². The van der Waals surface area contributed by atoms with Gasteiger partial charge in [-0.25, -0.2) is 4.79 Å². The number of hydrogen-bond donors (Lipinski definition) is 0. The third-order valence-corrected chi connectivity index (χ3v) is 2.61. The third-order valence-electron chi connectivity index (χ3n) is 2.61. The Morgan fingerprint density at radius 1 is 1.40 bits per heavy atom. The van der Waals surface area contributed by atoms with Gasteiger partial charge in [-0.1, -0.05) is 12.2 Å². The molecule has 0 radical (unpaired) electrons. The molecule has 1 fully saturated rings. The minimum absolute atomic E-state index is 0.507. The Labute approximate surface area is 60.4 Å². The fraction of sp³-hybridized carbons (Fsp3) is 0.556. The van der Waals surface area contributed by atoms with Crippen LogP contribution >= 0.6 is 0 Å². The molecule has 0 aliphatic heterocycles. The Kier molecular flexibility index (Phi) is 1.25. The van der Waals surface area contributed by atoms with Crippen LogP contribution in [0.15, 0.2) is 18.2 Å². The lowest BCUT2D eigenvalue weighted by Crippen LogP contribution is -2.02. The van der Waals surface area contributed by atoms with Crippen LogP contribution in [-0.2, 0) is 4.79 Å². The van der Waals surface area contributed by atoms with Gasteiger partial charge in [0.2, 0.25) is 0 Å². The van der Waals surface area contributed by atoms with E-state index in [0.29, 0.717) is 11.8 Å². The first kappa shape index (κ1) is 5.94. The molecule has 0 unspecified atom stereocenters. The highest BCUT2D eigenvalue weighted by Gasteiger charge is 2.34. The SMILES string of the molecule is O=C=C[C@H]1C[C@H]2C=C[C@@H]1C2. The van der Waals surface area contributed by atoms with Crippen LogP contribution in [0.5, 0.6) is 0 Å². The standard InChI is InChI=1S/C9H10O/c10-4-3-9-6-7-1-2-8(9)5-7/h1-3,7-9H,5-6H2/t7-,8+,9-/m0/s1. The summed E-state index contributed by atoms with van der Waals surface area (Å²) < 4.78 is 0. The van der Waals surface area contributed by atoms with Crippen molar-refractivity contribution in [2.45, 2.75) is 12.8 Å². The van der Waals surface area contributed by atoms with Crippen LogP contribution in [-0.4, -0.2) is 5.94 Å². The van der Waals surface area contributed by atoms with Gasteiger partial charge in [0.05, 0.1) is 0 Å². The van der Waals surface area contributed by atoms with Crippen molar-refractivity contribution in [3.8, 4) is 0 Å². The minimum atomic E-state index is 0.507. The molecule has 0 spiro atoms. The molecule has 3 atom stereocenters. The molecule has 0 aromatic carbocycles. The summed E-state index contributed by atoms with van der Waals surface area (Å²) in [6, 6.07) is 0. The summed E-state index contributed by atoms with van der Waals surface area (Å²) in [6.07, 6.45) is 8.65. The van der Waals surface area contributed by atoms with E-state index in [-0.39, 0.29) is 0 Å². The average molecular weight is 134 g/mol. The summed E-state index contributed by atoms with van der Waals surface area (Å²) in [5.74, 6) is 3.81. The zero-order valence-electron chi connectivity index (χ0n) is 5.79. The number of carbonyl (C=O) groups excluding carboxylic acids is 1. The van der Waals surface area contributed by atoms with Gasteiger partial charge in [-0.2, -0.15) is 0 Å². The lowest BCUT2D eigenvalue weighted by atomic mass is 9.94. The lowest BCUT2D eigenvalue weighted by Gasteiger charge is -2.10. The van der Waals surface area contributed by atoms with Gasteiger partial charge in [0, 0.05) is 6.08 Å². The highest BCUT2D eigenvalue weighted by Crippen LogP contribution is 2.43. The topological polar surface area (TPSA) is 17.1 Å². The zero-order chi connectivity index (χ0) is 6.97. The predicted molar refractivity (Wildman–Crippen MR) is 39.1 cm³/mol. The quantitative estimate of drug-likeness (QED) is 0.393. The van der Waals surface area contributed by atoms with Crippen molar-refractivity contribution >= 4 is 5.94 Å². The number of rotatable bonds is 1. The molecular formula is C9H10O. The maximum absolute atomic E-state index is 10.0. The van der Waals surface area contributed by atoms with Crippen LogP contribution in [0.25, 0.3) is 0 Å². The fourth-order valence-corrected chi connectivity index (χ4v) is 2.10. The number of fused-ring (bicyclic) bond motifs is 2. The Bertz CT molecular complexity index is 211. The normalized spacial score (nSPS) is 41.8. The number of hydrogen-bond acceptors (Lipinski definition) is 1. The Hall–Kier alpha value is -0.810. The van der Waals surface area contributed by atoms with Crippen molar-refractivity contribution in [2.24, 2.45) is 17.8 Å². The largest absolute Gasteiger partial charge is 0.234 e. The van der Waals surface area contributed by atoms with Crippen LogP contribution < -0.4 is 0 Å². The van der Waals surface area contributed by atoms with Gasteiger partial charge in [0.25, 0.3) is 0 Å². The monoisotopic (exact) mass is 134 g/mol. The summed E-state index contributed by atoms with van der Waals surface area (Å²) in [4.78, 5) is 10.0. The summed E-state index contributed by atoms with van der Waals surface area (Å²) in [7, 11) is 0. The smallest absolute Gasteiger partial charge is 0.120 e.